The number of rotatable bonds is 4. The second-order valence-electron chi connectivity index (χ2n) is 8.25. The van der Waals surface area contributed by atoms with Crippen molar-refractivity contribution in [2.75, 3.05) is 18.0 Å². The number of carbonyl (C=O) groups is 1. The molecule has 2 aliphatic rings. The van der Waals surface area contributed by atoms with Crippen molar-refractivity contribution in [3.05, 3.63) is 64.8 Å². The van der Waals surface area contributed by atoms with Crippen molar-refractivity contribution >= 4 is 28.5 Å². The van der Waals surface area contributed by atoms with Crippen LogP contribution in [0.15, 0.2) is 42.7 Å². The van der Waals surface area contributed by atoms with Crippen molar-refractivity contribution in [2.45, 2.75) is 32.0 Å². The summed E-state index contributed by atoms with van der Waals surface area (Å²) in [5.41, 5.74) is 2.18. The van der Waals surface area contributed by atoms with Crippen LogP contribution in [0.1, 0.15) is 28.7 Å². The number of aryl methyl sites for hydroxylation is 1. The number of amides is 1. The number of fused-ring (bicyclic) bond motifs is 1. The van der Waals surface area contributed by atoms with Gasteiger partial charge in [0, 0.05) is 17.7 Å². The number of carbonyl (C=O) groups excluding carboxylic acids is 1. The molecular formula is C23H20F4N6OS. The van der Waals surface area contributed by atoms with Crippen molar-refractivity contribution in [1.82, 2.24) is 25.3 Å². The van der Waals surface area contributed by atoms with Gasteiger partial charge in [-0.1, -0.05) is 17.4 Å². The molecule has 4 heterocycles. The smallest absolute Gasteiger partial charge is 0.387 e. The number of hydrogen-bond acceptors (Lipinski definition) is 6. The molecule has 0 aliphatic carbocycles. The third kappa shape index (κ3) is 4.57. The van der Waals surface area contributed by atoms with Gasteiger partial charge in [-0.15, -0.1) is 16.4 Å². The summed E-state index contributed by atoms with van der Waals surface area (Å²) in [4.78, 5) is 19.3. The quantitative estimate of drug-likeness (QED) is 0.532. The molecule has 12 heteroatoms. The van der Waals surface area contributed by atoms with E-state index in [0.717, 1.165) is 21.2 Å². The monoisotopic (exact) mass is 504 g/mol. The lowest BCUT2D eigenvalue weighted by atomic mass is 10.1. The highest BCUT2D eigenvalue weighted by Gasteiger charge is 2.40. The first-order valence-corrected chi connectivity index (χ1v) is 11.7. The zero-order valence-electron chi connectivity index (χ0n) is 18.5. The standard InChI is InChI=1S/C23H20F4N6OS/c1-13-20(35-21(29-13)14-7-9-28-10-8-14)17-11-33(31-30-17)19-6-5-15-16(24)3-2-4-18(15)32(22(19)34)12-23(25,26)27/h2-4,7-9,11,19,28H,5-6,10,12H2,1H3. The molecule has 3 aromatic rings. The normalized spacial score (nSPS) is 18.2. The Morgan fingerprint density at radius 2 is 2.11 bits per heavy atom. The Kier molecular flexibility index (Phi) is 5.91. The lowest BCUT2D eigenvalue weighted by molar-refractivity contribution is -0.134. The molecule has 5 rings (SSSR count). The summed E-state index contributed by atoms with van der Waals surface area (Å²) in [7, 11) is 0. The molecule has 0 radical (unpaired) electrons. The number of nitrogens with one attached hydrogen (secondary N) is 1. The highest BCUT2D eigenvalue weighted by molar-refractivity contribution is 7.16. The van der Waals surface area contributed by atoms with Crippen LogP contribution in [0.4, 0.5) is 23.2 Å². The fraction of sp³-hybridized carbons (Fsp3) is 0.304. The van der Waals surface area contributed by atoms with Crippen molar-refractivity contribution in [1.29, 1.82) is 0 Å². The Morgan fingerprint density at radius 1 is 1.29 bits per heavy atom. The van der Waals surface area contributed by atoms with Crippen LogP contribution in [0, 0.1) is 12.7 Å². The van der Waals surface area contributed by atoms with Gasteiger partial charge in [-0.25, -0.2) is 14.1 Å². The van der Waals surface area contributed by atoms with E-state index in [2.05, 4.69) is 20.6 Å². The van der Waals surface area contributed by atoms with Gasteiger partial charge in [-0.3, -0.25) is 4.79 Å². The van der Waals surface area contributed by atoms with Gasteiger partial charge in [0.25, 0.3) is 5.91 Å². The molecule has 1 atom stereocenters. The zero-order chi connectivity index (χ0) is 24.7. The minimum atomic E-state index is -4.66. The van der Waals surface area contributed by atoms with Gasteiger partial charge < -0.3 is 10.2 Å². The maximum absolute atomic E-state index is 14.5. The van der Waals surface area contributed by atoms with Gasteiger partial charge in [0.15, 0.2) is 0 Å². The van der Waals surface area contributed by atoms with E-state index >= 15 is 0 Å². The van der Waals surface area contributed by atoms with Crippen LogP contribution in [0.25, 0.3) is 16.1 Å². The molecule has 2 aliphatic heterocycles. The molecule has 2 aromatic heterocycles. The number of thiazole rings is 1. The number of anilines is 1. The SMILES string of the molecule is Cc1nc(C2=CCNC=C2)sc1-c1cn(C2CCc3c(F)cccc3N(CC(F)(F)F)C2=O)nn1. The Hall–Kier alpha value is -3.54. The molecule has 7 nitrogen and oxygen atoms in total. The summed E-state index contributed by atoms with van der Waals surface area (Å²) >= 11 is 1.42. The third-order valence-corrected chi connectivity index (χ3v) is 7.10. The second-order valence-corrected chi connectivity index (χ2v) is 9.25. The first kappa shape index (κ1) is 23.2. The van der Waals surface area contributed by atoms with Gasteiger partial charge in [-0.05, 0) is 44.2 Å². The van der Waals surface area contributed by atoms with E-state index in [9.17, 15) is 22.4 Å². The van der Waals surface area contributed by atoms with Gasteiger partial charge in [0.1, 0.15) is 29.1 Å². The number of dihydropyridines is 1. The van der Waals surface area contributed by atoms with E-state index < -0.39 is 30.5 Å². The molecule has 182 valence electrons. The molecule has 1 aromatic carbocycles. The number of nitrogens with zero attached hydrogens (tertiary/aromatic N) is 5. The number of allylic oxidation sites excluding steroid dienone is 2. The van der Waals surface area contributed by atoms with Gasteiger partial charge in [0.05, 0.1) is 22.5 Å². The highest BCUT2D eigenvalue weighted by atomic mass is 32.1. The van der Waals surface area contributed by atoms with E-state index in [-0.39, 0.29) is 24.1 Å². The Labute approximate surface area is 201 Å². The van der Waals surface area contributed by atoms with Crippen LogP contribution in [0.3, 0.4) is 0 Å². The predicted octanol–water partition coefficient (Wildman–Crippen LogP) is 4.43. The Bertz CT molecular complexity index is 1340. The Morgan fingerprint density at radius 3 is 2.86 bits per heavy atom. The van der Waals surface area contributed by atoms with Crippen molar-refractivity contribution in [3.63, 3.8) is 0 Å². The van der Waals surface area contributed by atoms with Crippen LogP contribution >= 0.6 is 11.3 Å². The predicted molar refractivity (Wildman–Crippen MR) is 123 cm³/mol. The molecule has 0 bridgehead atoms. The van der Waals surface area contributed by atoms with Crippen molar-refractivity contribution in [3.8, 4) is 10.6 Å². The summed E-state index contributed by atoms with van der Waals surface area (Å²) in [6.07, 6.45) is 2.82. The fourth-order valence-corrected chi connectivity index (χ4v) is 5.28. The first-order chi connectivity index (χ1) is 16.7. The van der Waals surface area contributed by atoms with E-state index in [4.69, 9.17) is 0 Å². The maximum Gasteiger partial charge on any atom is 0.406 e. The van der Waals surface area contributed by atoms with E-state index in [1.54, 1.807) is 0 Å². The van der Waals surface area contributed by atoms with E-state index in [1.807, 2.05) is 25.3 Å². The number of hydrogen-bond donors (Lipinski definition) is 1. The van der Waals surface area contributed by atoms with Crippen LogP contribution < -0.4 is 10.2 Å². The van der Waals surface area contributed by atoms with Gasteiger partial charge in [0.2, 0.25) is 0 Å². The summed E-state index contributed by atoms with van der Waals surface area (Å²) in [5, 5.41) is 12.1. The third-order valence-electron chi connectivity index (χ3n) is 5.87. The topological polar surface area (TPSA) is 75.9 Å². The van der Waals surface area contributed by atoms with E-state index in [0.29, 0.717) is 17.1 Å². The Balaban J connectivity index is 1.48. The number of benzene rings is 1. The van der Waals surface area contributed by atoms with Crippen LogP contribution in [0.2, 0.25) is 0 Å². The molecule has 1 amide bonds. The zero-order valence-corrected chi connectivity index (χ0v) is 19.3. The second kappa shape index (κ2) is 8.91. The summed E-state index contributed by atoms with van der Waals surface area (Å²) in [6, 6.07) is 2.76. The van der Waals surface area contributed by atoms with Gasteiger partial charge >= 0.3 is 6.18 Å². The molecular weight excluding hydrogens is 484 g/mol. The summed E-state index contributed by atoms with van der Waals surface area (Å²) < 4.78 is 55.8. The largest absolute Gasteiger partial charge is 0.406 e. The first-order valence-electron chi connectivity index (χ1n) is 10.9. The minimum Gasteiger partial charge on any atom is -0.387 e. The maximum atomic E-state index is 14.5. The molecule has 1 N–H and O–H groups in total. The number of halogens is 4. The summed E-state index contributed by atoms with van der Waals surface area (Å²) in [5.74, 6) is -1.45. The lowest BCUT2D eigenvalue weighted by Gasteiger charge is -2.26. The average molecular weight is 505 g/mol. The number of aromatic nitrogens is 4. The highest BCUT2D eigenvalue weighted by Crippen LogP contribution is 2.36. The van der Waals surface area contributed by atoms with E-state index in [1.165, 1.54) is 40.4 Å². The lowest BCUT2D eigenvalue weighted by Crippen LogP contribution is -2.42. The van der Waals surface area contributed by atoms with Crippen LogP contribution in [-0.4, -0.2) is 45.2 Å². The van der Waals surface area contributed by atoms with Crippen LogP contribution in [-0.2, 0) is 11.2 Å². The number of alkyl halides is 3. The molecule has 0 fully saturated rings. The van der Waals surface area contributed by atoms with Gasteiger partial charge in [-0.2, -0.15) is 13.2 Å². The minimum absolute atomic E-state index is 0.0681. The molecule has 1 unspecified atom stereocenters. The van der Waals surface area contributed by atoms with Crippen molar-refractivity contribution < 1.29 is 22.4 Å². The molecule has 0 saturated carbocycles. The molecule has 35 heavy (non-hydrogen) atoms. The molecule has 0 saturated heterocycles. The average Bonchev–Trinajstić information content (AvgIpc) is 3.42. The fourth-order valence-electron chi connectivity index (χ4n) is 4.24. The van der Waals surface area contributed by atoms with Crippen LogP contribution in [0.5, 0.6) is 0 Å². The van der Waals surface area contributed by atoms with Crippen molar-refractivity contribution in [2.24, 2.45) is 0 Å². The molecule has 0 spiro atoms. The summed E-state index contributed by atoms with van der Waals surface area (Å²) in [6.45, 7) is 1.01.